The maximum Gasteiger partial charge on any atom is 0.0474 e. The summed E-state index contributed by atoms with van der Waals surface area (Å²) < 4.78 is 0. The summed E-state index contributed by atoms with van der Waals surface area (Å²) in [5, 5.41) is 9.42. The van der Waals surface area contributed by atoms with Crippen LogP contribution >= 0.6 is 0 Å². The van der Waals surface area contributed by atoms with E-state index in [1.165, 1.54) is 19.3 Å². The van der Waals surface area contributed by atoms with Crippen molar-refractivity contribution in [2.45, 2.75) is 40.0 Å². The van der Waals surface area contributed by atoms with Crippen molar-refractivity contribution in [1.82, 2.24) is 0 Å². The summed E-state index contributed by atoms with van der Waals surface area (Å²) in [6, 6.07) is 0. The molecule has 0 amide bonds. The summed E-state index contributed by atoms with van der Waals surface area (Å²) in [5.41, 5.74) is 6.63. The Kier molecular flexibility index (Phi) is 2.63. The smallest absolute Gasteiger partial charge is 0.0474 e. The second-order valence-corrected chi connectivity index (χ2v) is 6.40. The van der Waals surface area contributed by atoms with Crippen molar-refractivity contribution >= 4 is 0 Å². The van der Waals surface area contributed by atoms with E-state index in [2.05, 4.69) is 20.8 Å². The van der Waals surface area contributed by atoms with E-state index in [1.807, 2.05) is 0 Å². The lowest BCUT2D eigenvalue weighted by Gasteiger charge is -2.42. The van der Waals surface area contributed by atoms with E-state index in [0.717, 1.165) is 5.92 Å². The van der Waals surface area contributed by atoms with Crippen LogP contribution in [0.15, 0.2) is 0 Å². The van der Waals surface area contributed by atoms with Crippen molar-refractivity contribution in [3.8, 4) is 0 Å². The van der Waals surface area contributed by atoms with Crippen LogP contribution in [0.25, 0.3) is 0 Å². The third-order valence-electron chi connectivity index (χ3n) is 5.97. The van der Waals surface area contributed by atoms with Crippen molar-refractivity contribution in [2.75, 3.05) is 13.2 Å². The highest BCUT2D eigenvalue weighted by Crippen LogP contribution is 2.69. The van der Waals surface area contributed by atoms with Gasteiger partial charge in [-0.2, -0.15) is 0 Å². The molecular weight excluding hydrogens is 186 g/mol. The normalized spacial score (nSPS) is 44.6. The van der Waals surface area contributed by atoms with Gasteiger partial charge in [0.1, 0.15) is 0 Å². The zero-order valence-corrected chi connectivity index (χ0v) is 10.3. The fraction of sp³-hybridized carbons (Fsp3) is 1.00. The molecule has 0 saturated heterocycles. The van der Waals surface area contributed by atoms with E-state index in [0.29, 0.717) is 29.2 Å². The van der Waals surface area contributed by atoms with Gasteiger partial charge in [0.15, 0.2) is 0 Å². The Balaban J connectivity index is 2.25. The SMILES string of the molecule is CC1(C)[C@@H]2CC[C@@]1(C)[C@H]([C@@H](CN)CO)C2. The van der Waals surface area contributed by atoms with Crippen LogP contribution in [0.4, 0.5) is 0 Å². The number of fused-ring (bicyclic) bond motifs is 2. The Morgan fingerprint density at radius 2 is 2.07 bits per heavy atom. The number of nitrogens with two attached hydrogens (primary N) is 1. The largest absolute Gasteiger partial charge is 0.396 e. The molecule has 2 heteroatoms. The Bertz CT molecular complexity index is 247. The molecule has 0 radical (unpaired) electrons. The monoisotopic (exact) mass is 211 g/mol. The standard InChI is InChI=1S/C13H25NO/c1-12(2)10-4-5-13(12,3)11(6-10)9(7-14)8-15/h9-11,15H,4-8,14H2,1-3H3/t9-,10+,11-,13-/m0/s1. The predicted octanol–water partition coefficient (Wildman–Crippen LogP) is 2.02. The average molecular weight is 211 g/mol. The van der Waals surface area contributed by atoms with Crippen LogP contribution in [0.5, 0.6) is 0 Å². The highest BCUT2D eigenvalue weighted by Gasteiger charge is 2.62. The minimum atomic E-state index is 0.263. The van der Waals surface area contributed by atoms with Crippen LogP contribution < -0.4 is 5.73 Å². The van der Waals surface area contributed by atoms with Crippen LogP contribution in [-0.4, -0.2) is 18.3 Å². The summed E-state index contributed by atoms with van der Waals surface area (Å²) >= 11 is 0. The number of hydrogen-bond donors (Lipinski definition) is 2. The molecule has 88 valence electrons. The van der Waals surface area contributed by atoms with Crippen LogP contribution in [0.3, 0.4) is 0 Å². The van der Waals surface area contributed by atoms with Crippen molar-refractivity contribution in [3.63, 3.8) is 0 Å². The first-order valence-electron chi connectivity index (χ1n) is 6.28. The summed E-state index contributed by atoms with van der Waals surface area (Å²) in [5.74, 6) is 1.81. The molecule has 0 aromatic carbocycles. The molecule has 0 unspecified atom stereocenters. The molecule has 2 saturated carbocycles. The lowest BCUT2D eigenvalue weighted by Crippen LogP contribution is -2.39. The number of rotatable bonds is 3. The molecular formula is C13H25NO. The Morgan fingerprint density at radius 3 is 2.40 bits per heavy atom. The molecule has 0 aromatic rings. The van der Waals surface area contributed by atoms with E-state index >= 15 is 0 Å². The first-order valence-corrected chi connectivity index (χ1v) is 6.28. The Labute approximate surface area is 93.2 Å². The second kappa shape index (κ2) is 3.46. The van der Waals surface area contributed by atoms with Gasteiger partial charge in [-0.1, -0.05) is 20.8 Å². The zero-order chi connectivity index (χ0) is 11.3. The molecule has 4 atom stereocenters. The van der Waals surface area contributed by atoms with E-state index in [-0.39, 0.29) is 6.61 Å². The molecule has 0 spiro atoms. The van der Waals surface area contributed by atoms with Gasteiger partial charge < -0.3 is 10.8 Å². The average Bonchev–Trinajstić information content (AvgIpc) is 2.52. The van der Waals surface area contributed by atoms with Crippen molar-refractivity contribution in [3.05, 3.63) is 0 Å². The first-order chi connectivity index (χ1) is 6.97. The molecule has 0 aliphatic heterocycles. The summed E-state index contributed by atoms with van der Waals surface area (Å²) in [6.07, 6.45) is 3.99. The zero-order valence-electron chi connectivity index (χ0n) is 10.3. The number of aliphatic hydroxyl groups excluding tert-OH is 1. The first kappa shape index (κ1) is 11.4. The predicted molar refractivity (Wildman–Crippen MR) is 62.3 cm³/mol. The fourth-order valence-electron chi connectivity index (χ4n) is 4.34. The molecule has 2 nitrogen and oxygen atoms in total. The molecule has 15 heavy (non-hydrogen) atoms. The van der Waals surface area contributed by atoms with Gasteiger partial charge in [0, 0.05) is 6.61 Å². The van der Waals surface area contributed by atoms with Crippen molar-refractivity contribution in [1.29, 1.82) is 0 Å². The van der Waals surface area contributed by atoms with Gasteiger partial charge in [-0.15, -0.1) is 0 Å². The van der Waals surface area contributed by atoms with Gasteiger partial charge in [-0.3, -0.25) is 0 Å². The fourth-order valence-corrected chi connectivity index (χ4v) is 4.34. The van der Waals surface area contributed by atoms with E-state index in [9.17, 15) is 5.11 Å². The van der Waals surface area contributed by atoms with Crippen molar-refractivity contribution in [2.24, 2.45) is 34.3 Å². The molecule has 2 aliphatic rings. The van der Waals surface area contributed by atoms with Crippen LogP contribution in [0, 0.1) is 28.6 Å². The third-order valence-corrected chi connectivity index (χ3v) is 5.97. The maximum absolute atomic E-state index is 9.42. The van der Waals surface area contributed by atoms with Gasteiger partial charge in [0.05, 0.1) is 0 Å². The van der Waals surface area contributed by atoms with Crippen LogP contribution in [0.2, 0.25) is 0 Å². The third kappa shape index (κ3) is 1.31. The number of hydrogen-bond acceptors (Lipinski definition) is 2. The number of aliphatic hydroxyl groups is 1. The lowest BCUT2D eigenvalue weighted by atomic mass is 9.63. The molecule has 3 N–H and O–H groups in total. The van der Waals surface area contributed by atoms with Crippen LogP contribution in [-0.2, 0) is 0 Å². The Morgan fingerprint density at radius 1 is 1.40 bits per heavy atom. The van der Waals surface area contributed by atoms with Gasteiger partial charge in [0.25, 0.3) is 0 Å². The maximum atomic E-state index is 9.42. The van der Waals surface area contributed by atoms with Crippen molar-refractivity contribution < 1.29 is 5.11 Å². The lowest BCUT2D eigenvalue weighted by molar-refractivity contribution is 0.0455. The summed E-state index contributed by atoms with van der Waals surface area (Å²) in [7, 11) is 0. The summed E-state index contributed by atoms with van der Waals surface area (Å²) in [4.78, 5) is 0. The molecule has 0 heterocycles. The Hall–Kier alpha value is -0.0800. The van der Waals surface area contributed by atoms with E-state index in [1.54, 1.807) is 0 Å². The van der Waals surface area contributed by atoms with Gasteiger partial charge >= 0.3 is 0 Å². The van der Waals surface area contributed by atoms with Gasteiger partial charge in [0.2, 0.25) is 0 Å². The molecule has 2 bridgehead atoms. The highest BCUT2D eigenvalue weighted by molar-refractivity contribution is 5.11. The minimum absolute atomic E-state index is 0.263. The van der Waals surface area contributed by atoms with E-state index in [4.69, 9.17) is 5.73 Å². The van der Waals surface area contributed by atoms with Gasteiger partial charge in [-0.05, 0) is 54.4 Å². The molecule has 2 fully saturated rings. The topological polar surface area (TPSA) is 46.2 Å². The molecule has 2 rings (SSSR count). The summed E-state index contributed by atoms with van der Waals surface area (Å²) in [6.45, 7) is 8.15. The second-order valence-electron chi connectivity index (χ2n) is 6.40. The molecule has 0 aromatic heterocycles. The quantitative estimate of drug-likeness (QED) is 0.750. The van der Waals surface area contributed by atoms with E-state index < -0.39 is 0 Å². The van der Waals surface area contributed by atoms with Gasteiger partial charge in [-0.25, -0.2) is 0 Å². The van der Waals surface area contributed by atoms with Crippen LogP contribution in [0.1, 0.15) is 40.0 Å². The minimum Gasteiger partial charge on any atom is -0.396 e. The molecule has 2 aliphatic carbocycles. The highest BCUT2D eigenvalue weighted by atomic mass is 16.3.